The summed E-state index contributed by atoms with van der Waals surface area (Å²) in [6.07, 6.45) is 0. The number of likely N-dealkylation sites (N-methyl/N-ethyl adjacent to an activating group) is 1. The Morgan fingerprint density at radius 3 is 2.52 bits per heavy atom. The maximum Gasteiger partial charge on any atom is 0.260 e. The van der Waals surface area contributed by atoms with E-state index < -0.39 is 5.82 Å². The highest BCUT2D eigenvalue weighted by Crippen LogP contribution is 2.21. The molecule has 0 saturated carbocycles. The maximum atomic E-state index is 13.6. The molecule has 0 atom stereocenters. The summed E-state index contributed by atoms with van der Waals surface area (Å²) in [6, 6.07) is 4.32. The second-order valence-electron chi connectivity index (χ2n) is 6.07. The molecule has 0 unspecified atom stereocenters. The summed E-state index contributed by atoms with van der Waals surface area (Å²) < 4.78 is 19.4. The smallest absolute Gasteiger partial charge is 0.260 e. The van der Waals surface area contributed by atoms with E-state index in [1.807, 2.05) is 20.8 Å². The number of rotatable bonds is 6. The molecular formula is C16H22BrFN2O3. The van der Waals surface area contributed by atoms with Gasteiger partial charge in [-0.15, -0.1) is 0 Å². The van der Waals surface area contributed by atoms with Crippen LogP contribution < -0.4 is 10.1 Å². The van der Waals surface area contributed by atoms with E-state index in [4.69, 9.17) is 4.74 Å². The van der Waals surface area contributed by atoms with Gasteiger partial charge in [0.1, 0.15) is 0 Å². The van der Waals surface area contributed by atoms with Crippen molar-refractivity contribution in [2.75, 3.05) is 19.7 Å². The molecule has 0 aliphatic carbocycles. The van der Waals surface area contributed by atoms with E-state index in [0.29, 0.717) is 11.0 Å². The highest BCUT2D eigenvalue weighted by Gasteiger charge is 2.20. The first-order valence-electron chi connectivity index (χ1n) is 7.29. The Labute approximate surface area is 144 Å². The van der Waals surface area contributed by atoms with Gasteiger partial charge >= 0.3 is 0 Å². The van der Waals surface area contributed by atoms with Crippen LogP contribution in [0.2, 0.25) is 0 Å². The van der Waals surface area contributed by atoms with Gasteiger partial charge in [0.2, 0.25) is 5.91 Å². The molecule has 23 heavy (non-hydrogen) atoms. The molecule has 0 aliphatic heterocycles. The van der Waals surface area contributed by atoms with Gasteiger partial charge in [-0.2, -0.15) is 0 Å². The predicted octanol–water partition coefficient (Wildman–Crippen LogP) is 2.73. The minimum atomic E-state index is -0.555. The van der Waals surface area contributed by atoms with Crippen molar-refractivity contribution in [3.05, 3.63) is 28.5 Å². The number of hydrogen-bond acceptors (Lipinski definition) is 3. The lowest BCUT2D eigenvalue weighted by atomic mass is 10.1. The van der Waals surface area contributed by atoms with Crippen molar-refractivity contribution >= 4 is 27.7 Å². The van der Waals surface area contributed by atoms with Crippen LogP contribution in [0.3, 0.4) is 0 Å². The van der Waals surface area contributed by atoms with Gasteiger partial charge < -0.3 is 15.0 Å². The summed E-state index contributed by atoms with van der Waals surface area (Å²) in [7, 11) is 0. The molecule has 128 valence electrons. The molecule has 0 radical (unpaired) electrons. The predicted molar refractivity (Wildman–Crippen MR) is 89.7 cm³/mol. The van der Waals surface area contributed by atoms with Crippen LogP contribution in [0.25, 0.3) is 0 Å². The summed E-state index contributed by atoms with van der Waals surface area (Å²) in [4.78, 5) is 25.4. The third kappa shape index (κ3) is 6.99. The van der Waals surface area contributed by atoms with E-state index in [0.717, 1.165) is 0 Å². The molecule has 0 fully saturated rings. The van der Waals surface area contributed by atoms with Crippen molar-refractivity contribution in [2.24, 2.45) is 0 Å². The fourth-order valence-electron chi connectivity index (χ4n) is 1.83. The van der Waals surface area contributed by atoms with Gasteiger partial charge in [-0.05, 0) is 45.9 Å². The molecule has 1 aromatic carbocycles. The Balaban J connectivity index is 2.58. The number of halogens is 2. The average Bonchev–Trinajstić information content (AvgIpc) is 2.41. The lowest BCUT2D eigenvalue weighted by Gasteiger charge is -2.25. The summed E-state index contributed by atoms with van der Waals surface area (Å²) in [5.74, 6) is -1.18. The van der Waals surface area contributed by atoms with E-state index in [9.17, 15) is 14.0 Å². The second kappa shape index (κ2) is 8.29. The number of nitrogens with one attached hydrogen (secondary N) is 1. The van der Waals surface area contributed by atoms with Gasteiger partial charge in [0.25, 0.3) is 5.91 Å². The van der Waals surface area contributed by atoms with E-state index in [1.54, 1.807) is 13.0 Å². The summed E-state index contributed by atoms with van der Waals surface area (Å²) in [5, 5.41) is 2.79. The number of carbonyl (C=O) groups excluding carboxylic acids is 2. The molecule has 1 N–H and O–H groups in total. The van der Waals surface area contributed by atoms with E-state index in [-0.39, 0.29) is 36.3 Å². The van der Waals surface area contributed by atoms with Gasteiger partial charge in [-0.3, -0.25) is 9.59 Å². The van der Waals surface area contributed by atoms with Crippen LogP contribution in [0.15, 0.2) is 22.7 Å². The number of ether oxygens (including phenoxy) is 1. The normalized spacial score (nSPS) is 11.0. The van der Waals surface area contributed by atoms with Crippen molar-refractivity contribution in [2.45, 2.75) is 33.2 Å². The number of benzene rings is 1. The van der Waals surface area contributed by atoms with Gasteiger partial charge in [-0.25, -0.2) is 4.39 Å². The summed E-state index contributed by atoms with van der Waals surface area (Å²) >= 11 is 3.15. The first kappa shape index (κ1) is 19.4. The Bertz CT molecular complexity index is 573. The van der Waals surface area contributed by atoms with Gasteiger partial charge in [-0.1, -0.05) is 15.9 Å². The van der Waals surface area contributed by atoms with Gasteiger partial charge in [0.05, 0.1) is 6.54 Å². The van der Waals surface area contributed by atoms with Crippen LogP contribution in [0.1, 0.15) is 27.7 Å². The molecule has 0 aromatic heterocycles. The number of hydrogen-bond donors (Lipinski definition) is 1. The standard InChI is InChI=1S/C16H22BrFN2O3/c1-5-20(9-14(21)19-16(2,3)4)15(22)10-23-13-7-6-11(17)8-12(13)18/h6-8H,5,9-10H2,1-4H3,(H,19,21). The average molecular weight is 389 g/mol. The van der Waals surface area contributed by atoms with Crippen LogP contribution in [0, 0.1) is 5.82 Å². The highest BCUT2D eigenvalue weighted by molar-refractivity contribution is 9.10. The Kier molecular flexibility index (Phi) is 7.00. The topological polar surface area (TPSA) is 58.6 Å². The minimum absolute atomic E-state index is 0.00301. The van der Waals surface area contributed by atoms with E-state index in [2.05, 4.69) is 21.2 Å². The summed E-state index contributed by atoms with van der Waals surface area (Å²) in [6.45, 7) is 7.34. The molecule has 5 nitrogen and oxygen atoms in total. The maximum absolute atomic E-state index is 13.6. The molecule has 0 saturated heterocycles. The number of nitrogens with zero attached hydrogens (tertiary/aromatic N) is 1. The Hall–Kier alpha value is -1.63. The Morgan fingerprint density at radius 1 is 1.35 bits per heavy atom. The molecule has 0 spiro atoms. The molecule has 2 amide bonds. The molecule has 7 heteroatoms. The van der Waals surface area contributed by atoms with Crippen molar-refractivity contribution in [1.82, 2.24) is 10.2 Å². The van der Waals surface area contributed by atoms with Crippen LogP contribution in [0.4, 0.5) is 4.39 Å². The molecular weight excluding hydrogens is 367 g/mol. The van der Waals surface area contributed by atoms with Crippen LogP contribution in [0.5, 0.6) is 5.75 Å². The molecule has 0 aliphatic rings. The fraction of sp³-hybridized carbons (Fsp3) is 0.500. The van der Waals surface area contributed by atoms with E-state index >= 15 is 0 Å². The number of carbonyl (C=O) groups is 2. The number of amides is 2. The molecule has 0 bridgehead atoms. The third-order valence-corrected chi connectivity index (χ3v) is 3.32. The van der Waals surface area contributed by atoms with Crippen LogP contribution >= 0.6 is 15.9 Å². The summed E-state index contributed by atoms with van der Waals surface area (Å²) in [5.41, 5.74) is -0.364. The van der Waals surface area contributed by atoms with Crippen molar-refractivity contribution in [3.8, 4) is 5.75 Å². The largest absolute Gasteiger partial charge is 0.481 e. The van der Waals surface area contributed by atoms with Crippen LogP contribution in [-0.4, -0.2) is 41.9 Å². The first-order valence-corrected chi connectivity index (χ1v) is 8.08. The SMILES string of the molecule is CCN(CC(=O)NC(C)(C)C)C(=O)COc1ccc(Br)cc1F. The quantitative estimate of drug-likeness (QED) is 0.814. The van der Waals surface area contributed by atoms with Crippen molar-refractivity contribution in [3.63, 3.8) is 0 Å². The lowest BCUT2D eigenvalue weighted by molar-refractivity contribution is -0.138. The monoisotopic (exact) mass is 388 g/mol. The van der Waals surface area contributed by atoms with Crippen molar-refractivity contribution in [1.29, 1.82) is 0 Å². The van der Waals surface area contributed by atoms with Crippen molar-refractivity contribution < 1.29 is 18.7 Å². The molecule has 1 rings (SSSR count). The molecule has 0 heterocycles. The van der Waals surface area contributed by atoms with Gasteiger partial charge in [0.15, 0.2) is 18.2 Å². The zero-order chi connectivity index (χ0) is 17.6. The Morgan fingerprint density at radius 2 is 2.00 bits per heavy atom. The molecule has 1 aromatic rings. The van der Waals surface area contributed by atoms with Gasteiger partial charge in [0, 0.05) is 16.6 Å². The van der Waals surface area contributed by atoms with E-state index in [1.165, 1.54) is 17.0 Å². The van der Waals surface area contributed by atoms with Crippen LogP contribution in [-0.2, 0) is 9.59 Å². The zero-order valence-electron chi connectivity index (χ0n) is 13.8. The zero-order valence-corrected chi connectivity index (χ0v) is 15.4. The first-order chi connectivity index (χ1) is 10.6. The minimum Gasteiger partial charge on any atom is -0.481 e. The lowest BCUT2D eigenvalue weighted by Crippen LogP contribution is -2.48. The third-order valence-electron chi connectivity index (χ3n) is 2.83. The second-order valence-corrected chi connectivity index (χ2v) is 6.99. The highest BCUT2D eigenvalue weighted by atomic mass is 79.9. The fourth-order valence-corrected chi connectivity index (χ4v) is 2.16.